The van der Waals surface area contributed by atoms with Gasteiger partial charge in [-0.3, -0.25) is 0 Å². The molecule has 4 rings (SSSR count). The number of hydrogen-bond acceptors (Lipinski definition) is 8. The van der Waals surface area contributed by atoms with E-state index in [-0.39, 0.29) is 0 Å². The molecule has 0 spiro atoms. The maximum absolute atomic E-state index is 12.1. The lowest BCUT2D eigenvalue weighted by molar-refractivity contribution is 0.340. The van der Waals surface area contributed by atoms with E-state index in [1.165, 1.54) is 6.26 Å². The van der Waals surface area contributed by atoms with Crippen molar-refractivity contribution in [3.05, 3.63) is 90.1 Å². The Labute approximate surface area is 211 Å². The third-order valence-electron chi connectivity index (χ3n) is 5.35. The molecule has 1 unspecified atom stereocenters. The van der Waals surface area contributed by atoms with Crippen molar-refractivity contribution in [2.45, 2.75) is 18.4 Å². The molecule has 3 aromatic carbocycles. The van der Waals surface area contributed by atoms with Crippen LogP contribution in [0.25, 0.3) is 11.1 Å². The van der Waals surface area contributed by atoms with Crippen molar-refractivity contribution in [3.8, 4) is 22.9 Å². The molecule has 0 fully saturated rings. The molecule has 0 aliphatic carbocycles. The molecule has 1 heterocycles. The first kappa shape index (κ1) is 24.7. The molecule has 9 heteroatoms. The highest BCUT2D eigenvalue weighted by atomic mass is 32.2. The van der Waals surface area contributed by atoms with Crippen LogP contribution < -0.4 is 15.4 Å². The summed E-state index contributed by atoms with van der Waals surface area (Å²) in [5.74, 6) is 1.77. The molecule has 4 aromatic rings. The van der Waals surface area contributed by atoms with Gasteiger partial charge in [0.25, 0.3) is 0 Å². The summed E-state index contributed by atoms with van der Waals surface area (Å²) < 4.78 is 25.5. The fourth-order valence-electron chi connectivity index (χ4n) is 3.51. The summed E-state index contributed by atoms with van der Waals surface area (Å²) in [7, 11) is -2.84. The normalized spacial score (nSPS) is 12.2. The number of rotatable bonds is 9. The van der Waals surface area contributed by atoms with Gasteiger partial charge in [0, 0.05) is 35.1 Å². The molecule has 0 saturated carbocycles. The van der Waals surface area contributed by atoms with Crippen molar-refractivity contribution in [3.63, 3.8) is 0 Å². The maximum Gasteiger partial charge on any atom is 0.229 e. The third-order valence-corrected chi connectivity index (χ3v) is 6.50. The predicted octanol–water partition coefficient (Wildman–Crippen LogP) is 5.81. The Hall–Kier alpha value is -4.42. The van der Waals surface area contributed by atoms with Crippen molar-refractivity contribution < 1.29 is 8.95 Å². The topological polar surface area (TPSA) is 124 Å². The van der Waals surface area contributed by atoms with Crippen LogP contribution in [0.2, 0.25) is 0 Å². The van der Waals surface area contributed by atoms with Crippen LogP contribution in [0.5, 0.6) is 5.75 Å². The van der Waals surface area contributed by atoms with E-state index in [2.05, 4.69) is 21.7 Å². The predicted molar refractivity (Wildman–Crippen MR) is 142 cm³/mol. The number of benzene rings is 3. The van der Waals surface area contributed by atoms with Gasteiger partial charge in [-0.05, 0) is 60.5 Å². The summed E-state index contributed by atoms with van der Waals surface area (Å²) in [6.45, 7) is 3.03. The number of nitriles is 1. The van der Waals surface area contributed by atoms with Gasteiger partial charge in [-0.15, -0.1) is 0 Å². The molecule has 182 valence electrons. The molecule has 3 N–H and O–H groups in total. The lowest BCUT2D eigenvalue weighted by atomic mass is 10.1. The van der Waals surface area contributed by atoms with Gasteiger partial charge in [-0.1, -0.05) is 30.3 Å². The quantitative estimate of drug-likeness (QED) is 0.266. The molecule has 0 aliphatic rings. The van der Waals surface area contributed by atoms with E-state index in [1.54, 1.807) is 36.5 Å². The van der Waals surface area contributed by atoms with E-state index in [4.69, 9.17) is 19.8 Å². The van der Waals surface area contributed by atoms with Gasteiger partial charge in [0.15, 0.2) is 0 Å². The summed E-state index contributed by atoms with van der Waals surface area (Å²) >= 11 is 0. The van der Waals surface area contributed by atoms with E-state index in [0.717, 1.165) is 22.4 Å². The molecule has 36 heavy (non-hydrogen) atoms. The Morgan fingerprint density at radius 3 is 2.50 bits per heavy atom. The van der Waals surface area contributed by atoms with Gasteiger partial charge in [0.2, 0.25) is 5.95 Å². The van der Waals surface area contributed by atoms with Gasteiger partial charge < -0.3 is 15.4 Å². The zero-order valence-corrected chi connectivity index (χ0v) is 20.8. The third kappa shape index (κ3) is 6.17. The van der Waals surface area contributed by atoms with Crippen molar-refractivity contribution in [2.75, 3.05) is 23.5 Å². The van der Waals surface area contributed by atoms with Crippen molar-refractivity contribution in [1.82, 2.24) is 9.97 Å². The number of ether oxygens (including phenoxy) is 1. The van der Waals surface area contributed by atoms with E-state index in [1.807, 2.05) is 49.4 Å². The van der Waals surface area contributed by atoms with Gasteiger partial charge in [0.1, 0.15) is 11.6 Å². The Kier molecular flexibility index (Phi) is 7.47. The van der Waals surface area contributed by atoms with Crippen LogP contribution in [0, 0.1) is 16.1 Å². The smallest absolute Gasteiger partial charge is 0.229 e. The van der Waals surface area contributed by atoms with Crippen LogP contribution in [0.1, 0.15) is 18.1 Å². The van der Waals surface area contributed by atoms with Gasteiger partial charge in [-0.2, -0.15) is 10.2 Å². The average Bonchev–Trinajstić information content (AvgIpc) is 2.88. The summed E-state index contributed by atoms with van der Waals surface area (Å²) in [5, 5.41) is 15.6. The first-order chi connectivity index (χ1) is 17.4. The second-order valence-corrected chi connectivity index (χ2v) is 10.2. The zero-order valence-electron chi connectivity index (χ0n) is 20.0. The SMILES string of the molecule is CCOc1ccc(-c2cnc(Nc3cccc(S(C)(=N)=O)c3)nc2NCc2ccc(C#N)cc2)cc1. The Morgan fingerprint density at radius 2 is 1.83 bits per heavy atom. The minimum atomic E-state index is -2.84. The summed E-state index contributed by atoms with van der Waals surface area (Å²) in [6.07, 6.45) is 3.13. The molecule has 1 atom stereocenters. The minimum absolute atomic E-state index is 0.358. The van der Waals surface area contributed by atoms with Crippen molar-refractivity contribution >= 4 is 27.2 Å². The van der Waals surface area contributed by atoms with Crippen molar-refractivity contribution in [1.29, 1.82) is 10.0 Å². The van der Waals surface area contributed by atoms with Gasteiger partial charge >= 0.3 is 0 Å². The molecule has 8 nitrogen and oxygen atoms in total. The maximum atomic E-state index is 12.1. The van der Waals surface area contributed by atoms with Crippen LogP contribution in [-0.2, 0) is 16.3 Å². The molecule has 0 aliphatic heterocycles. The first-order valence-electron chi connectivity index (χ1n) is 11.3. The highest BCUT2D eigenvalue weighted by Gasteiger charge is 2.12. The van der Waals surface area contributed by atoms with E-state index in [0.29, 0.717) is 41.1 Å². The van der Waals surface area contributed by atoms with E-state index in [9.17, 15) is 4.21 Å². The number of hydrogen-bond donors (Lipinski definition) is 3. The molecular weight excluding hydrogens is 472 g/mol. The van der Waals surface area contributed by atoms with Crippen LogP contribution in [0.15, 0.2) is 83.9 Å². The Balaban J connectivity index is 1.65. The monoisotopic (exact) mass is 498 g/mol. The number of nitrogens with zero attached hydrogens (tertiary/aromatic N) is 3. The largest absolute Gasteiger partial charge is 0.494 e. The molecule has 0 radical (unpaired) electrons. The fraction of sp³-hybridized carbons (Fsp3) is 0.148. The first-order valence-corrected chi connectivity index (χ1v) is 13.3. The minimum Gasteiger partial charge on any atom is -0.494 e. The highest BCUT2D eigenvalue weighted by molar-refractivity contribution is 7.91. The Bertz CT molecular complexity index is 1500. The molecular formula is C27H26N6O2S. The van der Waals surface area contributed by atoms with E-state index < -0.39 is 9.73 Å². The molecule has 1 aromatic heterocycles. The van der Waals surface area contributed by atoms with Crippen molar-refractivity contribution in [2.24, 2.45) is 0 Å². The van der Waals surface area contributed by atoms with Crippen LogP contribution in [0.4, 0.5) is 17.5 Å². The lowest BCUT2D eigenvalue weighted by Gasteiger charge is -2.14. The number of nitrogens with one attached hydrogen (secondary N) is 3. The van der Waals surface area contributed by atoms with Gasteiger partial charge in [-0.25, -0.2) is 14.0 Å². The average molecular weight is 499 g/mol. The second-order valence-electron chi connectivity index (χ2n) is 8.07. The van der Waals surface area contributed by atoms with Gasteiger partial charge in [0.05, 0.1) is 28.0 Å². The lowest BCUT2D eigenvalue weighted by Crippen LogP contribution is -2.07. The standard InChI is InChI=1S/C27H26N6O2S/c1-3-35-23-13-11-21(12-14-23)25-18-31-27(32-22-5-4-6-24(15-22)36(2,29)34)33-26(25)30-17-20-9-7-19(16-28)8-10-20/h4-15,18,29H,3,17H2,1-2H3,(H2,30,31,32,33). The van der Waals surface area contributed by atoms with E-state index >= 15 is 0 Å². The van der Waals surface area contributed by atoms with Crippen LogP contribution >= 0.6 is 0 Å². The zero-order chi connectivity index (χ0) is 25.5. The second kappa shape index (κ2) is 10.9. The molecule has 0 saturated heterocycles. The number of anilines is 3. The highest BCUT2D eigenvalue weighted by Crippen LogP contribution is 2.30. The summed E-state index contributed by atoms with van der Waals surface area (Å²) in [5.41, 5.74) is 3.98. The summed E-state index contributed by atoms with van der Waals surface area (Å²) in [6, 6.07) is 24.1. The number of aromatic nitrogens is 2. The fourth-order valence-corrected chi connectivity index (χ4v) is 4.20. The molecule has 0 amide bonds. The Morgan fingerprint density at radius 1 is 1.08 bits per heavy atom. The van der Waals surface area contributed by atoms with Crippen LogP contribution in [0.3, 0.4) is 0 Å². The van der Waals surface area contributed by atoms with Crippen LogP contribution in [-0.4, -0.2) is 27.0 Å². The molecule has 0 bridgehead atoms. The summed E-state index contributed by atoms with van der Waals surface area (Å²) in [4.78, 5) is 9.63.